The van der Waals surface area contributed by atoms with Crippen LogP contribution < -0.4 is 5.32 Å². The molecule has 1 amide bonds. The maximum absolute atomic E-state index is 12.3. The first kappa shape index (κ1) is 16.6. The number of anilines is 1. The van der Waals surface area contributed by atoms with Crippen LogP contribution in [0.1, 0.15) is 21.5 Å². The summed E-state index contributed by atoms with van der Waals surface area (Å²) in [5, 5.41) is 7.85. The van der Waals surface area contributed by atoms with Gasteiger partial charge in [0.25, 0.3) is 5.91 Å². The quantitative estimate of drug-likeness (QED) is 0.727. The molecular formula is C18H15Cl2N3O. The lowest BCUT2D eigenvalue weighted by Gasteiger charge is -2.05. The highest BCUT2D eigenvalue weighted by atomic mass is 35.5. The molecule has 0 spiro atoms. The van der Waals surface area contributed by atoms with Crippen LogP contribution in [0, 0.1) is 6.92 Å². The zero-order chi connectivity index (χ0) is 17.1. The fourth-order valence-electron chi connectivity index (χ4n) is 2.27. The molecular weight excluding hydrogens is 345 g/mol. The Bertz CT molecular complexity index is 872. The highest BCUT2D eigenvalue weighted by Crippen LogP contribution is 2.22. The van der Waals surface area contributed by atoms with Crippen molar-refractivity contribution in [3.63, 3.8) is 0 Å². The molecule has 6 heteroatoms. The van der Waals surface area contributed by atoms with Gasteiger partial charge in [0.1, 0.15) is 0 Å². The van der Waals surface area contributed by atoms with Gasteiger partial charge in [0, 0.05) is 11.2 Å². The predicted molar refractivity (Wildman–Crippen MR) is 96.9 cm³/mol. The minimum Gasteiger partial charge on any atom is -0.319 e. The van der Waals surface area contributed by atoms with Gasteiger partial charge in [0.2, 0.25) is 0 Å². The molecule has 0 aliphatic rings. The van der Waals surface area contributed by atoms with Crippen LogP contribution in [0.3, 0.4) is 0 Å². The van der Waals surface area contributed by atoms with Crippen molar-refractivity contribution in [1.82, 2.24) is 9.78 Å². The van der Waals surface area contributed by atoms with Gasteiger partial charge < -0.3 is 5.32 Å². The zero-order valence-corrected chi connectivity index (χ0v) is 14.5. The van der Waals surface area contributed by atoms with E-state index in [1.165, 1.54) is 5.56 Å². The van der Waals surface area contributed by atoms with Crippen molar-refractivity contribution < 1.29 is 4.79 Å². The van der Waals surface area contributed by atoms with Crippen LogP contribution in [0.2, 0.25) is 10.0 Å². The Labute approximate surface area is 150 Å². The first-order valence-corrected chi connectivity index (χ1v) is 8.11. The van der Waals surface area contributed by atoms with Crippen molar-refractivity contribution in [1.29, 1.82) is 0 Å². The summed E-state index contributed by atoms with van der Waals surface area (Å²) in [7, 11) is 0. The molecule has 0 unspecified atom stereocenters. The average Bonchev–Trinajstić information content (AvgIpc) is 2.96. The first-order chi connectivity index (χ1) is 11.5. The third kappa shape index (κ3) is 3.96. The summed E-state index contributed by atoms with van der Waals surface area (Å²) in [6, 6.07) is 13.0. The van der Waals surface area contributed by atoms with Crippen molar-refractivity contribution in [2.45, 2.75) is 13.5 Å². The lowest BCUT2D eigenvalue weighted by atomic mass is 10.1. The molecule has 0 atom stereocenters. The summed E-state index contributed by atoms with van der Waals surface area (Å²) in [6.45, 7) is 2.69. The highest BCUT2D eigenvalue weighted by Gasteiger charge is 2.12. The van der Waals surface area contributed by atoms with Crippen LogP contribution >= 0.6 is 23.2 Å². The lowest BCUT2D eigenvalue weighted by molar-refractivity contribution is 0.102. The van der Waals surface area contributed by atoms with Crippen molar-refractivity contribution >= 4 is 34.8 Å². The van der Waals surface area contributed by atoms with Gasteiger partial charge in [0.05, 0.1) is 29.0 Å². The summed E-state index contributed by atoms with van der Waals surface area (Å²) in [4.78, 5) is 12.3. The fourth-order valence-corrected chi connectivity index (χ4v) is 2.76. The molecule has 0 aliphatic carbocycles. The van der Waals surface area contributed by atoms with E-state index in [1.54, 1.807) is 35.3 Å². The van der Waals surface area contributed by atoms with Crippen LogP contribution in [0.5, 0.6) is 0 Å². The van der Waals surface area contributed by atoms with Gasteiger partial charge in [-0.05, 0) is 30.7 Å². The molecule has 3 rings (SSSR count). The SMILES string of the molecule is Cc1ccc(Cn2cc(NC(=O)c3ccc(Cl)cc3Cl)cn2)cc1. The molecule has 4 nitrogen and oxygen atoms in total. The number of aryl methyl sites for hydroxylation is 1. The Morgan fingerprint density at radius 2 is 1.92 bits per heavy atom. The maximum atomic E-state index is 12.3. The number of nitrogens with one attached hydrogen (secondary N) is 1. The van der Waals surface area contributed by atoms with Crippen molar-refractivity contribution in [2.24, 2.45) is 0 Å². The molecule has 1 N–H and O–H groups in total. The fraction of sp³-hybridized carbons (Fsp3) is 0.111. The molecule has 122 valence electrons. The van der Waals surface area contributed by atoms with E-state index in [0.717, 1.165) is 5.56 Å². The monoisotopic (exact) mass is 359 g/mol. The number of carbonyl (C=O) groups is 1. The van der Waals surface area contributed by atoms with Gasteiger partial charge >= 0.3 is 0 Å². The molecule has 0 fully saturated rings. The topological polar surface area (TPSA) is 46.9 Å². The molecule has 2 aromatic carbocycles. The molecule has 1 heterocycles. The number of nitrogens with zero attached hydrogens (tertiary/aromatic N) is 2. The second-order valence-corrected chi connectivity index (χ2v) is 6.33. The standard InChI is InChI=1S/C18H15Cl2N3O/c1-12-2-4-13(5-3-12)10-23-11-15(9-21-23)22-18(24)16-7-6-14(19)8-17(16)20/h2-9,11H,10H2,1H3,(H,22,24). The van der Waals surface area contributed by atoms with Gasteiger partial charge in [0.15, 0.2) is 0 Å². The van der Waals surface area contributed by atoms with Gasteiger partial charge in [-0.2, -0.15) is 5.10 Å². The lowest BCUT2D eigenvalue weighted by Crippen LogP contribution is -2.12. The average molecular weight is 360 g/mol. The van der Waals surface area contributed by atoms with Crippen molar-refractivity contribution in [3.8, 4) is 0 Å². The number of carbonyl (C=O) groups excluding carboxylic acids is 1. The number of halogens is 2. The maximum Gasteiger partial charge on any atom is 0.257 e. The van der Waals surface area contributed by atoms with Crippen LogP contribution in [0.15, 0.2) is 54.9 Å². The molecule has 0 saturated heterocycles. The molecule has 0 saturated carbocycles. The summed E-state index contributed by atoms with van der Waals surface area (Å²) >= 11 is 11.9. The Morgan fingerprint density at radius 3 is 2.62 bits per heavy atom. The Balaban J connectivity index is 1.69. The number of hydrogen-bond acceptors (Lipinski definition) is 2. The Morgan fingerprint density at radius 1 is 1.17 bits per heavy atom. The molecule has 24 heavy (non-hydrogen) atoms. The summed E-state index contributed by atoms with van der Waals surface area (Å²) in [5.74, 6) is -0.299. The minimum atomic E-state index is -0.299. The molecule has 3 aromatic rings. The first-order valence-electron chi connectivity index (χ1n) is 7.36. The van der Waals surface area contributed by atoms with Crippen LogP contribution in [-0.2, 0) is 6.54 Å². The van der Waals surface area contributed by atoms with E-state index in [2.05, 4.69) is 34.7 Å². The largest absolute Gasteiger partial charge is 0.319 e. The molecule has 0 bridgehead atoms. The van der Waals surface area contributed by atoms with Crippen molar-refractivity contribution in [3.05, 3.63) is 81.6 Å². The predicted octanol–water partition coefficient (Wildman–Crippen LogP) is 4.80. The van der Waals surface area contributed by atoms with E-state index < -0.39 is 0 Å². The van der Waals surface area contributed by atoms with Gasteiger partial charge in [-0.15, -0.1) is 0 Å². The third-order valence-corrected chi connectivity index (χ3v) is 4.08. The minimum absolute atomic E-state index is 0.299. The second-order valence-electron chi connectivity index (χ2n) is 5.49. The molecule has 0 aliphatic heterocycles. The van der Waals surface area contributed by atoms with Crippen LogP contribution in [-0.4, -0.2) is 15.7 Å². The summed E-state index contributed by atoms with van der Waals surface area (Å²) in [5.41, 5.74) is 3.33. The second kappa shape index (κ2) is 7.07. The van der Waals surface area contributed by atoms with Gasteiger partial charge in [-0.1, -0.05) is 53.0 Å². The number of amides is 1. The summed E-state index contributed by atoms with van der Waals surface area (Å²) < 4.78 is 1.77. The number of aromatic nitrogens is 2. The number of benzene rings is 2. The highest BCUT2D eigenvalue weighted by molar-refractivity contribution is 6.37. The van der Waals surface area contributed by atoms with E-state index >= 15 is 0 Å². The smallest absolute Gasteiger partial charge is 0.257 e. The number of rotatable bonds is 4. The van der Waals surface area contributed by atoms with Crippen LogP contribution in [0.25, 0.3) is 0 Å². The van der Waals surface area contributed by atoms with Gasteiger partial charge in [-0.25, -0.2) is 0 Å². The van der Waals surface area contributed by atoms with Gasteiger partial charge in [-0.3, -0.25) is 9.48 Å². The van der Waals surface area contributed by atoms with E-state index in [-0.39, 0.29) is 5.91 Å². The zero-order valence-electron chi connectivity index (χ0n) is 13.0. The Hall–Kier alpha value is -2.30. The normalized spacial score (nSPS) is 10.6. The van der Waals surface area contributed by atoms with Crippen molar-refractivity contribution in [2.75, 3.05) is 5.32 Å². The summed E-state index contributed by atoms with van der Waals surface area (Å²) in [6.07, 6.45) is 3.39. The van der Waals surface area contributed by atoms with E-state index in [4.69, 9.17) is 23.2 Å². The molecule has 0 radical (unpaired) electrons. The van der Waals surface area contributed by atoms with E-state index in [1.807, 2.05) is 6.92 Å². The van der Waals surface area contributed by atoms with Crippen LogP contribution in [0.4, 0.5) is 5.69 Å². The number of hydrogen-bond donors (Lipinski definition) is 1. The third-order valence-electron chi connectivity index (χ3n) is 3.53. The Kier molecular flexibility index (Phi) is 4.88. The van der Waals surface area contributed by atoms with E-state index in [9.17, 15) is 4.79 Å². The molecule has 1 aromatic heterocycles. The van der Waals surface area contributed by atoms with E-state index in [0.29, 0.717) is 27.8 Å².